The number of hydrogen-bond acceptors (Lipinski definition) is 1. The van der Waals surface area contributed by atoms with E-state index in [-0.39, 0.29) is 0 Å². The monoisotopic (exact) mass is 335 g/mol. The van der Waals surface area contributed by atoms with Gasteiger partial charge in [-0.1, -0.05) is 0 Å². The minimum atomic E-state index is -2.16. The van der Waals surface area contributed by atoms with Crippen molar-refractivity contribution in [1.82, 2.24) is 4.90 Å². The molecule has 124 valence electrons. The maximum absolute atomic E-state index is 2.37. The van der Waals surface area contributed by atoms with Gasteiger partial charge in [-0.3, -0.25) is 0 Å². The SMILES string of the molecule is CC(N(C)C)[PH](c1ccccc1)(c1ccccc1)c1ccccc1. The third-order valence-electron chi connectivity index (χ3n) is 5.09. The van der Waals surface area contributed by atoms with Gasteiger partial charge >= 0.3 is 146 Å². The molecule has 1 nitrogen and oxygen atoms in total. The van der Waals surface area contributed by atoms with Gasteiger partial charge in [-0.15, -0.1) is 0 Å². The van der Waals surface area contributed by atoms with Gasteiger partial charge < -0.3 is 0 Å². The Kier molecular flexibility index (Phi) is 5.14. The van der Waals surface area contributed by atoms with Crippen LogP contribution >= 0.6 is 7.26 Å². The van der Waals surface area contributed by atoms with Gasteiger partial charge in [-0.25, -0.2) is 0 Å². The van der Waals surface area contributed by atoms with Gasteiger partial charge in [-0.05, 0) is 0 Å². The van der Waals surface area contributed by atoms with E-state index in [0.29, 0.717) is 5.78 Å². The Morgan fingerprint density at radius 2 is 0.875 bits per heavy atom. The first-order valence-corrected chi connectivity index (χ1v) is 10.6. The van der Waals surface area contributed by atoms with Crippen molar-refractivity contribution in [3.05, 3.63) is 91.0 Å². The van der Waals surface area contributed by atoms with Crippen molar-refractivity contribution in [3.63, 3.8) is 0 Å². The van der Waals surface area contributed by atoms with Crippen molar-refractivity contribution < 1.29 is 0 Å². The molecule has 0 aliphatic rings. The topological polar surface area (TPSA) is 3.24 Å². The van der Waals surface area contributed by atoms with Crippen molar-refractivity contribution in [2.45, 2.75) is 12.7 Å². The van der Waals surface area contributed by atoms with E-state index in [0.717, 1.165) is 0 Å². The van der Waals surface area contributed by atoms with Crippen LogP contribution in [0.5, 0.6) is 0 Å². The standard InChI is InChI=1S/C22H26NP/c1-19(23(2)3)24(20-13-7-4-8-14-20,21-15-9-5-10-16-21)22-17-11-6-12-18-22/h4-19,24H,1-3H3. The number of hydrogen-bond donors (Lipinski definition) is 0. The third-order valence-corrected chi connectivity index (χ3v) is 10.6. The summed E-state index contributed by atoms with van der Waals surface area (Å²) in [6, 6.07) is 33.2. The summed E-state index contributed by atoms with van der Waals surface area (Å²) in [5.74, 6) is 0.435. The van der Waals surface area contributed by atoms with E-state index >= 15 is 0 Å². The van der Waals surface area contributed by atoms with Crippen LogP contribution in [0.4, 0.5) is 0 Å². The van der Waals surface area contributed by atoms with Crippen LogP contribution in [-0.4, -0.2) is 24.8 Å². The predicted octanol–water partition coefficient (Wildman–Crippen LogP) is 3.62. The minimum absolute atomic E-state index is 0.435. The molecule has 0 bridgehead atoms. The maximum atomic E-state index is 2.37. The second-order valence-electron chi connectivity index (χ2n) is 6.55. The van der Waals surface area contributed by atoms with Gasteiger partial charge in [0.05, 0.1) is 0 Å². The molecule has 2 heteroatoms. The van der Waals surface area contributed by atoms with Gasteiger partial charge in [0.25, 0.3) is 0 Å². The van der Waals surface area contributed by atoms with Crippen LogP contribution in [-0.2, 0) is 0 Å². The van der Waals surface area contributed by atoms with Gasteiger partial charge in [0.2, 0.25) is 0 Å². The molecule has 1 unspecified atom stereocenters. The van der Waals surface area contributed by atoms with Crippen LogP contribution in [0, 0.1) is 0 Å². The quantitative estimate of drug-likeness (QED) is 0.644. The number of benzene rings is 3. The summed E-state index contributed by atoms with van der Waals surface area (Å²) >= 11 is 0. The Balaban J connectivity index is 2.37. The molecule has 1 atom stereocenters. The summed E-state index contributed by atoms with van der Waals surface area (Å²) in [5.41, 5.74) is 0. The fraction of sp³-hybridized carbons (Fsp3) is 0.182. The first kappa shape index (κ1) is 16.9. The zero-order valence-corrected chi connectivity index (χ0v) is 15.7. The van der Waals surface area contributed by atoms with E-state index in [1.165, 1.54) is 15.9 Å². The van der Waals surface area contributed by atoms with Gasteiger partial charge in [0, 0.05) is 0 Å². The van der Waals surface area contributed by atoms with Crippen LogP contribution < -0.4 is 15.9 Å². The first-order chi connectivity index (χ1) is 11.7. The molecule has 0 amide bonds. The molecule has 0 N–H and O–H groups in total. The zero-order chi connectivity index (χ0) is 17.0. The summed E-state index contributed by atoms with van der Waals surface area (Å²) in [6.45, 7) is 2.37. The van der Waals surface area contributed by atoms with Crippen molar-refractivity contribution in [2.24, 2.45) is 0 Å². The van der Waals surface area contributed by atoms with Crippen molar-refractivity contribution >= 4 is 23.2 Å². The van der Waals surface area contributed by atoms with Crippen molar-refractivity contribution in [3.8, 4) is 0 Å². The Bertz CT molecular complexity index is 657. The molecule has 0 spiro atoms. The first-order valence-electron chi connectivity index (χ1n) is 8.50. The van der Waals surface area contributed by atoms with Crippen molar-refractivity contribution in [1.29, 1.82) is 0 Å². The van der Waals surface area contributed by atoms with E-state index < -0.39 is 7.26 Å². The van der Waals surface area contributed by atoms with E-state index in [1.54, 1.807) is 0 Å². The average Bonchev–Trinajstić information content (AvgIpc) is 2.65. The average molecular weight is 335 g/mol. The second-order valence-corrected chi connectivity index (χ2v) is 10.7. The molecular weight excluding hydrogens is 309 g/mol. The number of nitrogens with zero attached hydrogens (tertiary/aromatic N) is 1. The second kappa shape index (κ2) is 7.30. The molecule has 0 radical (unpaired) electrons. The molecule has 0 fully saturated rings. The molecule has 0 aromatic heterocycles. The summed E-state index contributed by atoms with van der Waals surface area (Å²) in [7, 11) is 2.23. The Morgan fingerprint density at radius 3 is 1.12 bits per heavy atom. The van der Waals surface area contributed by atoms with E-state index in [2.05, 4.69) is 117 Å². The molecular formula is C22H26NP. The molecule has 3 rings (SSSR count). The van der Waals surface area contributed by atoms with Crippen LogP contribution in [0.15, 0.2) is 91.0 Å². The third kappa shape index (κ3) is 2.90. The fourth-order valence-electron chi connectivity index (χ4n) is 3.71. The van der Waals surface area contributed by atoms with Crippen LogP contribution in [0.1, 0.15) is 6.92 Å². The van der Waals surface area contributed by atoms with Crippen LogP contribution in [0.3, 0.4) is 0 Å². The molecule has 24 heavy (non-hydrogen) atoms. The molecule has 3 aromatic rings. The van der Waals surface area contributed by atoms with Crippen LogP contribution in [0.2, 0.25) is 0 Å². The Labute approximate surface area is 146 Å². The summed E-state index contributed by atoms with van der Waals surface area (Å²) in [4.78, 5) is 2.37. The Morgan fingerprint density at radius 1 is 0.583 bits per heavy atom. The van der Waals surface area contributed by atoms with Crippen LogP contribution in [0.25, 0.3) is 0 Å². The fourth-order valence-corrected chi connectivity index (χ4v) is 9.09. The number of rotatable bonds is 5. The van der Waals surface area contributed by atoms with Gasteiger partial charge in [0.15, 0.2) is 0 Å². The van der Waals surface area contributed by atoms with E-state index in [4.69, 9.17) is 0 Å². The summed E-state index contributed by atoms with van der Waals surface area (Å²) in [6.07, 6.45) is 0. The molecule has 0 aliphatic carbocycles. The molecule has 3 aromatic carbocycles. The molecule has 0 saturated carbocycles. The van der Waals surface area contributed by atoms with E-state index in [1.807, 2.05) is 0 Å². The molecule has 0 saturated heterocycles. The summed E-state index contributed by atoms with van der Waals surface area (Å²) in [5, 5.41) is 4.39. The van der Waals surface area contributed by atoms with Gasteiger partial charge in [-0.2, -0.15) is 0 Å². The zero-order valence-electron chi connectivity index (χ0n) is 14.7. The summed E-state index contributed by atoms with van der Waals surface area (Å²) < 4.78 is 0. The van der Waals surface area contributed by atoms with Gasteiger partial charge in [0.1, 0.15) is 0 Å². The van der Waals surface area contributed by atoms with E-state index in [9.17, 15) is 0 Å². The molecule has 0 aliphatic heterocycles. The normalized spacial score (nSPS) is 13.7. The van der Waals surface area contributed by atoms with Crippen molar-refractivity contribution in [2.75, 3.05) is 14.1 Å². The molecule has 0 heterocycles. The Hall–Kier alpha value is -1.95. The predicted molar refractivity (Wildman–Crippen MR) is 110 cm³/mol.